The Bertz CT molecular complexity index is 995. The van der Waals surface area contributed by atoms with Gasteiger partial charge in [0.15, 0.2) is 0 Å². The Labute approximate surface area is 163 Å². The van der Waals surface area contributed by atoms with E-state index in [2.05, 4.69) is 20.9 Å². The van der Waals surface area contributed by atoms with E-state index in [1.54, 1.807) is 0 Å². The first kappa shape index (κ1) is 22.2. The van der Waals surface area contributed by atoms with Crippen molar-refractivity contribution < 1.29 is 36.3 Å². The molecule has 2 rings (SSSR count). The maximum absolute atomic E-state index is 14.0. The number of alkyl halides is 2. The summed E-state index contributed by atoms with van der Waals surface area (Å²) >= 11 is 2.91. The molecule has 0 bridgehead atoms. The lowest BCUT2D eigenvalue weighted by atomic mass is 10.1. The third kappa shape index (κ3) is 5.68. The number of hydrogen-bond acceptors (Lipinski definition) is 5. The molecule has 0 saturated carbocycles. The summed E-state index contributed by atoms with van der Waals surface area (Å²) in [5.41, 5.74) is -5.19. The van der Waals surface area contributed by atoms with Gasteiger partial charge in [-0.05, 0) is 30.4 Å². The molecule has 1 aromatic carbocycles. The summed E-state index contributed by atoms with van der Waals surface area (Å²) in [6.45, 7) is 0.191. The lowest BCUT2D eigenvalue weighted by Crippen LogP contribution is -2.14. The third-order valence-corrected chi connectivity index (χ3v) is 6.29. The van der Waals surface area contributed by atoms with Gasteiger partial charge in [0.05, 0.1) is 12.4 Å². The van der Waals surface area contributed by atoms with Crippen LogP contribution in [0.3, 0.4) is 0 Å². The van der Waals surface area contributed by atoms with Crippen LogP contribution in [0.15, 0.2) is 28.9 Å². The number of ether oxygens (including phenoxy) is 1. The minimum absolute atomic E-state index is 0.0380. The van der Waals surface area contributed by atoms with E-state index in [-0.39, 0.29) is 28.1 Å². The van der Waals surface area contributed by atoms with Gasteiger partial charge in [-0.25, -0.2) is 13.4 Å². The van der Waals surface area contributed by atoms with Crippen LogP contribution >= 0.6 is 23.5 Å². The quantitative estimate of drug-likeness (QED) is 0.433. The van der Waals surface area contributed by atoms with Crippen molar-refractivity contribution >= 4 is 44.1 Å². The second-order valence-corrected chi connectivity index (χ2v) is 10.7. The molecule has 0 unspecified atom stereocenters. The largest absolute Gasteiger partial charge is 0.478 e. The zero-order valence-electron chi connectivity index (χ0n) is 14.1. The van der Waals surface area contributed by atoms with E-state index in [0.717, 1.165) is 12.3 Å². The maximum atomic E-state index is 14.0. The number of hydrogen-bond donors (Lipinski definition) is 2. The van der Waals surface area contributed by atoms with Gasteiger partial charge in [0.25, 0.3) is 0 Å². The number of rotatable bonds is 8. The van der Waals surface area contributed by atoms with Crippen LogP contribution in [0.4, 0.5) is 8.78 Å². The number of halogens is 3. The molecule has 1 heterocycles. The number of aromatic nitrogens is 1. The van der Waals surface area contributed by atoms with E-state index < -0.39 is 28.7 Å². The van der Waals surface area contributed by atoms with Gasteiger partial charge in [0.2, 0.25) is 5.88 Å². The Hall–Kier alpha value is -1.13. The summed E-state index contributed by atoms with van der Waals surface area (Å²) < 4.78 is 66.6. The summed E-state index contributed by atoms with van der Waals surface area (Å²) in [7, 11) is -8.75. The summed E-state index contributed by atoms with van der Waals surface area (Å²) in [6.07, 6.45) is 3.40. The summed E-state index contributed by atoms with van der Waals surface area (Å²) in [5.74, 6) is 0.172. The SMILES string of the molecule is CS(=O)(=O)CCCCOc1cc2cc(C(F)(F)P(=O)(O)O)c(Br)cc2cn1. The monoisotopic (exact) mass is 487 g/mol. The molecule has 0 atom stereocenters. The highest BCUT2D eigenvalue weighted by molar-refractivity contribution is 9.10. The van der Waals surface area contributed by atoms with Gasteiger partial charge in [-0.15, -0.1) is 0 Å². The number of fused-ring (bicyclic) bond motifs is 1. The van der Waals surface area contributed by atoms with Crippen molar-refractivity contribution in [1.29, 1.82) is 0 Å². The topological polar surface area (TPSA) is 114 Å². The van der Waals surface area contributed by atoms with Gasteiger partial charge < -0.3 is 14.5 Å². The van der Waals surface area contributed by atoms with Crippen molar-refractivity contribution in [3.8, 4) is 5.88 Å². The highest BCUT2D eigenvalue weighted by Gasteiger charge is 2.51. The Morgan fingerprint density at radius 1 is 1.22 bits per heavy atom. The lowest BCUT2D eigenvalue weighted by molar-refractivity contribution is 0.0558. The molecule has 0 radical (unpaired) electrons. The summed E-state index contributed by atoms with van der Waals surface area (Å²) in [5, 5.41) is 0.735. The van der Waals surface area contributed by atoms with Gasteiger partial charge in [-0.3, -0.25) is 4.57 Å². The molecule has 0 saturated heterocycles. The van der Waals surface area contributed by atoms with Crippen LogP contribution in [-0.2, 0) is 20.1 Å². The highest BCUT2D eigenvalue weighted by Crippen LogP contribution is 2.60. The molecule has 0 fully saturated rings. The third-order valence-electron chi connectivity index (χ3n) is 3.63. The molecule has 2 aromatic rings. The minimum Gasteiger partial charge on any atom is -0.478 e. The van der Waals surface area contributed by atoms with Crippen molar-refractivity contribution in [2.75, 3.05) is 18.6 Å². The molecule has 0 amide bonds. The second kappa shape index (κ2) is 8.08. The van der Waals surface area contributed by atoms with Crippen LogP contribution in [0.5, 0.6) is 5.88 Å². The molecule has 7 nitrogen and oxygen atoms in total. The Morgan fingerprint density at radius 3 is 2.48 bits per heavy atom. The fourth-order valence-corrected chi connectivity index (χ4v) is 4.25. The van der Waals surface area contributed by atoms with Gasteiger partial charge in [-0.1, -0.05) is 15.9 Å². The van der Waals surface area contributed by atoms with Gasteiger partial charge in [-0.2, -0.15) is 8.78 Å². The lowest BCUT2D eigenvalue weighted by Gasteiger charge is -2.20. The van der Waals surface area contributed by atoms with Crippen LogP contribution in [0.1, 0.15) is 18.4 Å². The first-order chi connectivity index (χ1) is 12.3. The van der Waals surface area contributed by atoms with Gasteiger partial charge >= 0.3 is 13.3 Å². The second-order valence-electron chi connectivity index (χ2n) is 5.97. The predicted molar refractivity (Wildman–Crippen MR) is 99.8 cm³/mol. The van der Waals surface area contributed by atoms with Gasteiger partial charge in [0.1, 0.15) is 9.84 Å². The first-order valence-corrected chi connectivity index (χ1v) is 12.1. The van der Waals surface area contributed by atoms with Crippen molar-refractivity contribution in [3.63, 3.8) is 0 Å². The van der Waals surface area contributed by atoms with Crippen LogP contribution in [0.25, 0.3) is 10.8 Å². The normalized spacial score (nSPS) is 13.1. The summed E-state index contributed by atoms with van der Waals surface area (Å²) in [6, 6.07) is 3.63. The number of benzene rings is 1. The molecule has 150 valence electrons. The molecule has 0 spiro atoms. The minimum atomic E-state index is -5.71. The van der Waals surface area contributed by atoms with Crippen LogP contribution in [0, 0.1) is 0 Å². The van der Waals surface area contributed by atoms with Crippen molar-refractivity contribution in [3.05, 3.63) is 34.4 Å². The molecular weight excluding hydrogens is 471 g/mol. The Balaban J connectivity index is 2.21. The Kier molecular flexibility index (Phi) is 6.63. The van der Waals surface area contributed by atoms with E-state index in [9.17, 15) is 21.8 Å². The molecular formula is C15H17BrF2NO6PS. The van der Waals surface area contributed by atoms with E-state index >= 15 is 0 Å². The molecule has 12 heteroatoms. The predicted octanol–water partition coefficient (Wildman–Crippen LogP) is 3.43. The molecule has 27 heavy (non-hydrogen) atoms. The number of unbranched alkanes of at least 4 members (excludes halogenated alkanes) is 1. The highest BCUT2D eigenvalue weighted by atomic mass is 79.9. The van der Waals surface area contributed by atoms with Crippen molar-refractivity contribution in [2.24, 2.45) is 0 Å². The fourth-order valence-electron chi connectivity index (χ4n) is 2.26. The first-order valence-electron chi connectivity index (χ1n) is 7.65. The fraction of sp³-hybridized carbons (Fsp3) is 0.400. The number of nitrogens with zero attached hydrogens (tertiary/aromatic N) is 1. The molecule has 0 aliphatic heterocycles. The molecule has 0 aliphatic rings. The molecule has 0 aliphatic carbocycles. The average Bonchev–Trinajstić information content (AvgIpc) is 2.51. The van der Waals surface area contributed by atoms with E-state index in [0.29, 0.717) is 18.2 Å². The van der Waals surface area contributed by atoms with E-state index in [1.807, 2.05) is 0 Å². The van der Waals surface area contributed by atoms with Crippen LogP contribution in [-0.4, -0.2) is 41.8 Å². The number of sulfone groups is 1. The zero-order valence-corrected chi connectivity index (χ0v) is 17.4. The Morgan fingerprint density at radius 2 is 1.89 bits per heavy atom. The van der Waals surface area contributed by atoms with Crippen molar-refractivity contribution in [1.82, 2.24) is 4.98 Å². The average molecular weight is 488 g/mol. The zero-order chi connectivity index (χ0) is 20.5. The molecule has 2 N–H and O–H groups in total. The molecule has 1 aromatic heterocycles. The smallest absolute Gasteiger partial charge is 0.399 e. The maximum Gasteiger partial charge on any atom is 0.399 e. The van der Waals surface area contributed by atoms with E-state index in [1.165, 1.54) is 18.3 Å². The summed E-state index contributed by atoms with van der Waals surface area (Å²) in [4.78, 5) is 21.9. The van der Waals surface area contributed by atoms with Gasteiger partial charge in [0, 0.05) is 33.9 Å². The van der Waals surface area contributed by atoms with Crippen molar-refractivity contribution in [2.45, 2.75) is 18.5 Å². The van der Waals surface area contributed by atoms with Crippen LogP contribution in [0.2, 0.25) is 0 Å². The number of pyridine rings is 1. The standard InChI is InChI=1S/C15H17BrF2NO6PS/c1-27(23,24)5-3-2-4-25-14-8-10-6-12(15(17,18)26(20,21)22)13(16)7-11(10)9-19-14/h6-9H,2-5H2,1H3,(H2,20,21,22). The van der Waals surface area contributed by atoms with E-state index in [4.69, 9.17) is 14.5 Å². The van der Waals surface area contributed by atoms with Crippen LogP contribution < -0.4 is 4.74 Å².